The van der Waals surface area contributed by atoms with Gasteiger partial charge in [-0.1, -0.05) is 11.6 Å². The average molecular weight is 431 g/mol. The van der Waals surface area contributed by atoms with Crippen LogP contribution in [0.2, 0.25) is 0 Å². The number of quaternary nitrogens is 2. The van der Waals surface area contributed by atoms with E-state index in [9.17, 15) is 14.0 Å². The molecule has 4 N–H and O–H groups in total. The maximum absolute atomic E-state index is 12.9. The standard InChI is InChI=1S/C23H29FN4O3/c1-17-3-8-21(31-2)18(13-17)15-27-9-11-28(12-10-27)16-23(30)25-14-22(29)26-20-6-4-19(24)5-7-20/h3-8,13H,9-12,14-16H2,1-2H3,(H,25,30)(H,26,29)/p+2. The molecular formula is C23H31FN4O3+2. The van der Waals surface area contributed by atoms with Crippen molar-refractivity contribution in [3.8, 4) is 5.75 Å². The molecule has 2 aromatic carbocycles. The highest BCUT2D eigenvalue weighted by atomic mass is 19.1. The zero-order chi connectivity index (χ0) is 22.2. The zero-order valence-corrected chi connectivity index (χ0v) is 18.1. The summed E-state index contributed by atoms with van der Waals surface area (Å²) in [5.41, 5.74) is 2.93. The van der Waals surface area contributed by atoms with Crippen LogP contribution in [0.5, 0.6) is 5.75 Å². The van der Waals surface area contributed by atoms with Gasteiger partial charge in [-0.2, -0.15) is 0 Å². The maximum Gasteiger partial charge on any atom is 0.275 e. The predicted molar refractivity (Wildman–Crippen MR) is 116 cm³/mol. The minimum atomic E-state index is -0.366. The molecule has 1 heterocycles. The molecule has 2 aromatic rings. The summed E-state index contributed by atoms with van der Waals surface area (Å²) in [6.07, 6.45) is 0. The smallest absolute Gasteiger partial charge is 0.275 e. The number of benzene rings is 2. The Bertz CT molecular complexity index is 896. The number of nitrogens with one attached hydrogen (secondary N) is 4. The Morgan fingerprint density at radius 3 is 2.35 bits per heavy atom. The van der Waals surface area contributed by atoms with E-state index in [1.54, 1.807) is 7.11 Å². The van der Waals surface area contributed by atoms with E-state index in [0.717, 1.165) is 38.5 Å². The summed E-state index contributed by atoms with van der Waals surface area (Å²) in [5.74, 6) is 0.0739. The SMILES string of the molecule is COc1ccc(C)cc1C[NH+]1CC[NH+](CC(=O)NCC(=O)Nc2ccc(F)cc2)CC1. The Labute approximate surface area is 182 Å². The number of hydrogen-bond acceptors (Lipinski definition) is 3. The molecule has 1 aliphatic rings. The fraction of sp³-hybridized carbons (Fsp3) is 0.391. The van der Waals surface area contributed by atoms with Crippen LogP contribution < -0.4 is 25.2 Å². The van der Waals surface area contributed by atoms with Crippen molar-refractivity contribution >= 4 is 17.5 Å². The number of aryl methyl sites for hydroxylation is 1. The van der Waals surface area contributed by atoms with Gasteiger partial charge in [-0.25, -0.2) is 4.39 Å². The topological polar surface area (TPSA) is 76.3 Å². The number of carbonyl (C=O) groups excluding carboxylic acids is 2. The number of hydrogen-bond donors (Lipinski definition) is 4. The van der Waals surface area contributed by atoms with Gasteiger partial charge in [-0.15, -0.1) is 0 Å². The van der Waals surface area contributed by atoms with E-state index in [0.29, 0.717) is 12.2 Å². The van der Waals surface area contributed by atoms with Crippen LogP contribution in [0.1, 0.15) is 11.1 Å². The first-order valence-corrected chi connectivity index (χ1v) is 10.6. The van der Waals surface area contributed by atoms with Crippen molar-refractivity contribution in [2.45, 2.75) is 13.5 Å². The molecule has 0 aliphatic carbocycles. The molecule has 0 atom stereocenters. The molecule has 2 amide bonds. The second kappa shape index (κ2) is 10.9. The Kier molecular flexibility index (Phi) is 7.97. The van der Waals surface area contributed by atoms with Crippen LogP contribution in [-0.2, 0) is 16.1 Å². The lowest BCUT2D eigenvalue weighted by atomic mass is 10.1. The number of carbonyl (C=O) groups is 2. The summed E-state index contributed by atoms with van der Waals surface area (Å²) in [7, 11) is 1.70. The summed E-state index contributed by atoms with van der Waals surface area (Å²) in [5, 5.41) is 5.29. The van der Waals surface area contributed by atoms with E-state index in [2.05, 4.69) is 29.7 Å². The van der Waals surface area contributed by atoms with Crippen molar-refractivity contribution in [3.63, 3.8) is 0 Å². The molecule has 0 bridgehead atoms. The number of anilines is 1. The van der Waals surface area contributed by atoms with Crippen LogP contribution >= 0.6 is 0 Å². The summed E-state index contributed by atoms with van der Waals surface area (Å²) < 4.78 is 18.4. The van der Waals surface area contributed by atoms with Crippen LogP contribution in [0.25, 0.3) is 0 Å². The molecular weight excluding hydrogens is 399 g/mol. The van der Waals surface area contributed by atoms with Crippen LogP contribution in [0.3, 0.4) is 0 Å². The lowest BCUT2D eigenvalue weighted by molar-refractivity contribution is -1.02. The van der Waals surface area contributed by atoms with Gasteiger partial charge in [0.2, 0.25) is 5.91 Å². The van der Waals surface area contributed by atoms with Gasteiger partial charge in [0.15, 0.2) is 6.54 Å². The van der Waals surface area contributed by atoms with Crippen LogP contribution in [0, 0.1) is 12.7 Å². The molecule has 0 unspecified atom stereocenters. The molecule has 8 heteroatoms. The van der Waals surface area contributed by atoms with Crippen LogP contribution in [0.4, 0.5) is 10.1 Å². The van der Waals surface area contributed by atoms with E-state index in [-0.39, 0.29) is 24.2 Å². The van der Waals surface area contributed by atoms with Crippen molar-refractivity contribution < 1.29 is 28.5 Å². The highest BCUT2D eigenvalue weighted by Crippen LogP contribution is 2.18. The molecule has 31 heavy (non-hydrogen) atoms. The maximum atomic E-state index is 12.9. The summed E-state index contributed by atoms with van der Waals surface area (Å²) >= 11 is 0. The van der Waals surface area contributed by atoms with E-state index in [4.69, 9.17) is 4.74 Å². The van der Waals surface area contributed by atoms with Crippen LogP contribution in [0.15, 0.2) is 42.5 Å². The number of amides is 2. The first-order valence-electron chi connectivity index (χ1n) is 10.6. The van der Waals surface area contributed by atoms with Crippen molar-refractivity contribution in [2.24, 2.45) is 0 Å². The third-order valence-corrected chi connectivity index (χ3v) is 5.53. The van der Waals surface area contributed by atoms with Crippen molar-refractivity contribution in [2.75, 3.05) is 51.7 Å². The fourth-order valence-corrected chi connectivity index (χ4v) is 3.83. The molecule has 1 fully saturated rings. The number of ether oxygens (including phenoxy) is 1. The first kappa shape index (κ1) is 22.7. The van der Waals surface area contributed by atoms with Gasteiger partial charge in [-0.3, -0.25) is 9.59 Å². The molecule has 7 nitrogen and oxygen atoms in total. The normalized spacial score (nSPS) is 18.3. The van der Waals surface area contributed by atoms with Crippen LogP contribution in [-0.4, -0.2) is 58.2 Å². The number of rotatable bonds is 8. The quantitative estimate of drug-likeness (QED) is 0.442. The Hall–Kier alpha value is -2.97. The second-order valence-electron chi connectivity index (χ2n) is 8.00. The fourth-order valence-electron chi connectivity index (χ4n) is 3.83. The molecule has 0 aromatic heterocycles. The monoisotopic (exact) mass is 430 g/mol. The average Bonchev–Trinajstić information content (AvgIpc) is 2.75. The Balaban J connectivity index is 1.37. The van der Waals surface area contributed by atoms with Crippen molar-refractivity contribution in [1.29, 1.82) is 0 Å². The summed E-state index contributed by atoms with van der Waals surface area (Å²) in [6.45, 7) is 7.00. The van der Waals surface area contributed by atoms with Gasteiger partial charge in [0, 0.05) is 11.3 Å². The molecule has 166 valence electrons. The van der Waals surface area contributed by atoms with E-state index in [1.807, 2.05) is 6.07 Å². The van der Waals surface area contributed by atoms with Gasteiger partial charge in [-0.05, 0) is 43.3 Å². The van der Waals surface area contributed by atoms with Crippen molar-refractivity contribution in [3.05, 3.63) is 59.4 Å². The lowest BCUT2D eigenvalue weighted by Gasteiger charge is -2.29. The third-order valence-electron chi connectivity index (χ3n) is 5.53. The van der Waals surface area contributed by atoms with Gasteiger partial charge < -0.3 is 25.2 Å². The molecule has 0 spiro atoms. The minimum Gasteiger partial charge on any atom is -0.496 e. The van der Waals surface area contributed by atoms with Crippen molar-refractivity contribution in [1.82, 2.24) is 5.32 Å². The predicted octanol–water partition coefficient (Wildman–Crippen LogP) is -0.819. The highest BCUT2D eigenvalue weighted by molar-refractivity contribution is 5.94. The molecule has 1 saturated heterocycles. The highest BCUT2D eigenvalue weighted by Gasteiger charge is 2.25. The lowest BCUT2D eigenvalue weighted by Crippen LogP contribution is -3.28. The zero-order valence-electron chi connectivity index (χ0n) is 18.1. The molecule has 0 radical (unpaired) electrons. The molecule has 3 rings (SSSR count). The van der Waals surface area contributed by atoms with Gasteiger partial charge >= 0.3 is 0 Å². The molecule has 1 aliphatic heterocycles. The second-order valence-corrected chi connectivity index (χ2v) is 8.00. The summed E-state index contributed by atoms with van der Waals surface area (Å²) in [6, 6.07) is 11.7. The number of piperazine rings is 1. The van der Waals surface area contributed by atoms with E-state index < -0.39 is 0 Å². The Morgan fingerprint density at radius 2 is 1.68 bits per heavy atom. The van der Waals surface area contributed by atoms with Gasteiger partial charge in [0.05, 0.1) is 13.7 Å². The van der Waals surface area contributed by atoms with E-state index in [1.165, 1.54) is 45.2 Å². The number of methoxy groups -OCH3 is 1. The first-order chi connectivity index (χ1) is 14.9. The van der Waals surface area contributed by atoms with Gasteiger partial charge in [0.1, 0.15) is 44.3 Å². The van der Waals surface area contributed by atoms with Gasteiger partial charge in [0.25, 0.3) is 5.91 Å². The number of halogens is 1. The molecule has 0 saturated carbocycles. The summed E-state index contributed by atoms with van der Waals surface area (Å²) in [4.78, 5) is 26.9. The third kappa shape index (κ3) is 7.04. The Morgan fingerprint density at radius 1 is 1.00 bits per heavy atom. The minimum absolute atomic E-state index is 0.103. The largest absolute Gasteiger partial charge is 0.496 e. The van der Waals surface area contributed by atoms with E-state index >= 15 is 0 Å².